The van der Waals surface area contributed by atoms with Crippen molar-refractivity contribution in [2.75, 3.05) is 5.32 Å². The molecule has 8 heteroatoms. The van der Waals surface area contributed by atoms with E-state index < -0.39 is 0 Å². The molecule has 1 aromatic carbocycles. The summed E-state index contributed by atoms with van der Waals surface area (Å²) in [6.07, 6.45) is 1.47. The Hall–Kier alpha value is -2.93. The summed E-state index contributed by atoms with van der Waals surface area (Å²) in [5.74, 6) is 0.663. The van der Waals surface area contributed by atoms with Gasteiger partial charge in [-0.3, -0.25) is 9.89 Å². The molecule has 3 N–H and O–H groups in total. The molecule has 0 amide bonds. The Kier molecular flexibility index (Phi) is 3.65. The molecule has 0 spiro atoms. The predicted octanol–water partition coefficient (Wildman–Crippen LogP) is 3.33. The molecular weight excluding hydrogens is 340 g/mol. The van der Waals surface area contributed by atoms with E-state index in [0.29, 0.717) is 21.9 Å². The Morgan fingerprint density at radius 1 is 1.24 bits per heavy atom. The van der Waals surface area contributed by atoms with Crippen LogP contribution in [0.1, 0.15) is 24.4 Å². The van der Waals surface area contributed by atoms with Gasteiger partial charge in [0.2, 0.25) is 0 Å². The number of H-pyrrole nitrogens is 2. The summed E-state index contributed by atoms with van der Waals surface area (Å²) in [5, 5.41) is 12.9. The standard InChI is InChI=1S/C17H15ClN6O/c1-8(21-15-13-9(2)23-24-16(13)20-7-19-15)12-6-10-4-3-5-11(18)14(10)17(25)22-12/h3-8H,1-2H3,(H,22,25)(H2,19,20,21,23,24)/t8-/m0/s1. The molecule has 3 heterocycles. The van der Waals surface area contributed by atoms with E-state index in [4.69, 9.17) is 11.6 Å². The van der Waals surface area contributed by atoms with Gasteiger partial charge in [-0.05, 0) is 31.4 Å². The van der Waals surface area contributed by atoms with Gasteiger partial charge in [0.05, 0.1) is 27.5 Å². The van der Waals surface area contributed by atoms with Crippen LogP contribution in [0.25, 0.3) is 21.8 Å². The fourth-order valence-electron chi connectivity index (χ4n) is 2.93. The van der Waals surface area contributed by atoms with Crippen LogP contribution in [-0.4, -0.2) is 25.1 Å². The number of aryl methyl sites for hydroxylation is 1. The van der Waals surface area contributed by atoms with Gasteiger partial charge in [-0.25, -0.2) is 9.97 Å². The van der Waals surface area contributed by atoms with Gasteiger partial charge in [-0.1, -0.05) is 23.7 Å². The molecule has 0 aliphatic rings. The first kappa shape index (κ1) is 15.6. The summed E-state index contributed by atoms with van der Waals surface area (Å²) in [4.78, 5) is 23.8. The van der Waals surface area contributed by atoms with Crippen LogP contribution in [0, 0.1) is 6.92 Å². The van der Waals surface area contributed by atoms with E-state index in [0.717, 1.165) is 22.2 Å². The second kappa shape index (κ2) is 5.86. The van der Waals surface area contributed by atoms with Crippen molar-refractivity contribution in [2.45, 2.75) is 19.9 Å². The van der Waals surface area contributed by atoms with Gasteiger partial charge in [0.1, 0.15) is 12.1 Å². The zero-order valence-electron chi connectivity index (χ0n) is 13.6. The second-order valence-corrected chi connectivity index (χ2v) is 6.29. The first-order valence-corrected chi connectivity index (χ1v) is 8.16. The lowest BCUT2D eigenvalue weighted by atomic mass is 10.1. The quantitative estimate of drug-likeness (QED) is 0.524. The van der Waals surface area contributed by atoms with Crippen molar-refractivity contribution in [3.05, 3.63) is 57.4 Å². The summed E-state index contributed by atoms with van der Waals surface area (Å²) < 4.78 is 0. The molecule has 4 rings (SSSR count). The van der Waals surface area contributed by atoms with Gasteiger partial charge in [-0.15, -0.1) is 0 Å². The third kappa shape index (κ3) is 2.62. The smallest absolute Gasteiger partial charge is 0.257 e. The van der Waals surface area contributed by atoms with Crippen LogP contribution in [0.2, 0.25) is 5.02 Å². The molecule has 3 aromatic heterocycles. The average Bonchev–Trinajstić information content (AvgIpc) is 2.97. The molecule has 0 unspecified atom stereocenters. The minimum atomic E-state index is -0.209. The van der Waals surface area contributed by atoms with Gasteiger partial charge in [0.15, 0.2) is 5.65 Å². The van der Waals surface area contributed by atoms with Crippen molar-refractivity contribution in [2.24, 2.45) is 0 Å². The Morgan fingerprint density at radius 3 is 2.92 bits per heavy atom. The Labute approximate surface area is 147 Å². The summed E-state index contributed by atoms with van der Waals surface area (Å²) in [6.45, 7) is 3.84. The lowest BCUT2D eigenvalue weighted by Crippen LogP contribution is -2.16. The number of aromatic nitrogens is 5. The Bertz CT molecular complexity index is 1150. The lowest BCUT2D eigenvalue weighted by Gasteiger charge is -2.16. The molecule has 0 aliphatic heterocycles. The van der Waals surface area contributed by atoms with Crippen molar-refractivity contribution in [3.63, 3.8) is 0 Å². The maximum absolute atomic E-state index is 12.4. The van der Waals surface area contributed by atoms with Crippen molar-refractivity contribution in [1.29, 1.82) is 0 Å². The molecular formula is C17H15ClN6O. The van der Waals surface area contributed by atoms with E-state index in [1.807, 2.05) is 32.0 Å². The van der Waals surface area contributed by atoms with E-state index in [1.165, 1.54) is 6.33 Å². The molecule has 0 radical (unpaired) electrons. The number of anilines is 1. The molecule has 7 nitrogen and oxygen atoms in total. The SMILES string of the molecule is Cc1n[nH]c2ncnc(N[C@@H](C)c3cc4cccc(Cl)c4c(=O)[nH]3)c12. The number of fused-ring (bicyclic) bond motifs is 2. The van der Waals surface area contributed by atoms with Crippen molar-refractivity contribution >= 4 is 39.2 Å². The molecule has 0 aliphatic carbocycles. The van der Waals surface area contributed by atoms with Gasteiger partial charge < -0.3 is 10.3 Å². The number of pyridine rings is 1. The zero-order valence-corrected chi connectivity index (χ0v) is 14.3. The fraction of sp³-hybridized carbons (Fsp3) is 0.176. The van der Waals surface area contributed by atoms with Gasteiger partial charge in [-0.2, -0.15) is 5.10 Å². The van der Waals surface area contributed by atoms with Crippen molar-refractivity contribution in [3.8, 4) is 0 Å². The number of hydrogen-bond donors (Lipinski definition) is 3. The topological polar surface area (TPSA) is 99.3 Å². The number of rotatable bonds is 3. The molecule has 126 valence electrons. The minimum Gasteiger partial charge on any atom is -0.361 e. The molecule has 0 fully saturated rings. The number of benzene rings is 1. The summed E-state index contributed by atoms with van der Waals surface area (Å²) >= 11 is 6.13. The highest BCUT2D eigenvalue weighted by molar-refractivity contribution is 6.35. The highest BCUT2D eigenvalue weighted by Gasteiger charge is 2.15. The van der Waals surface area contributed by atoms with Crippen LogP contribution in [-0.2, 0) is 0 Å². The maximum Gasteiger partial charge on any atom is 0.257 e. The minimum absolute atomic E-state index is 0.177. The van der Waals surface area contributed by atoms with Gasteiger partial charge in [0, 0.05) is 5.69 Å². The predicted molar refractivity (Wildman–Crippen MR) is 98.0 cm³/mol. The molecule has 4 aromatic rings. The lowest BCUT2D eigenvalue weighted by molar-refractivity contribution is 0.830. The maximum atomic E-state index is 12.4. The number of halogens is 1. The van der Waals surface area contributed by atoms with Crippen LogP contribution in [0.4, 0.5) is 5.82 Å². The fourth-order valence-corrected chi connectivity index (χ4v) is 3.20. The molecule has 0 saturated carbocycles. The molecule has 0 saturated heterocycles. The van der Waals surface area contributed by atoms with Crippen molar-refractivity contribution in [1.82, 2.24) is 25.1 Å². The number of nitrogens with one attached hydrogen (secondary N) is 3. The summed E-state index contributed by atoms with van der Waals surface area (Å²) in [7, 11) is 0. The first-order valence-electron chi connectivity index (χ1n) is 7.78. The highest BCUT2D eigenvalue weighted by atomic mass is 35.5. The monoisotopic (exact) mass is 354 g/mol. The van der Waals surface area contributed by atoms with Crippen LogP contribution >= 0.6 is 11.6 Å². The molecule has 0 bridgehead atoms. The number of nitrogens with zero attached hydrogens (tertiary/aromatic N) is 3. The van der Waals surface area contributed by atoms with E-state index in [9.17, 15) is 4.79 Å². The van der Waals surface area contributed by atoms with Crippen LogP contribution in [0.3, 0.4) is 0 Å². The van der Waals surface area contributed by atoms with Gasteiger partial charge >= 0.3 is 0 Å². The average molecular weight is 355 g/mol. The first-order chi connectivity index (χ1) is 12.0. The van der Waals surface area contributed by atoms with Crippen LogP contribution < -0.4 is 10.9 Å². The highest BCUT2D eigenvalue weighted by Crippen LogP contribution is 2.26. The van der Waals surface area contributed by atoms with E-state index in [-0.39, 0.29) is 11.6 Å². The largest absolute Gasteiger partial charge is 0.361 e. The summed E-state index contributed by atoms with van der Waals surface area (Å²) in [5.41, 5.74) is 2.01. The molecule has 25 heavy (non-hydrogen) atoms. The van der Waals surface area contributed by atoms with E-state index >= 15 is 0 Å². The number of hydrogen-bond acceptors (Lipinski definition) is 5. The molecule has 1 atom stereocenters. The normalized spacial score (nSPS) is 12.6. The number of aromatic amines is 2. The third-order valence-electron chi connectivity index (χ3n) is 4.20. The van der Waals surface area contributed by atoms with Crippen LogP contribution in [0.5, 0.6) is 0 Å². The van der Waals surface area contributed by atoms with E-state index in [1.54, 1.807) is 6.07 Å². The van der Waals surface area contributed by atoms with Gasteiger partial charge in [0.25, 0.3) is 5.56 Å². The summed E-state index contributed by atoms with van der Waals surface area (Å²) in [6, 6.07) is 7.15. The Balaban J connectivity index is 1.76. The van der Waals surface area contributed by atoms with Crippen molar-refractivity contribution < 1.29 is 0 Å². The van der Waals surface area contributed by atoms with Crippen LogP contribution in [0.15, 0.2) is 35.4 Å². The third-order valence-corrected chi connectivity index (χ3v) is 4.52. The Morgan fingerprint density at radius 2 is 2.08 bits per heavy atom. The second-order valence-electron chi connectivity index (χ2n) is 5.88. The zero-order chi connectivity index (χ0) is 17.6. The van der Waals surface area contributed by atoms with E-state index in [2.05, 4.69) is 30.5 Å².